The molecular weight excluding hydrogens is 250 g/mol. The molecule has 1 amide bonds. The molecule has 0 aromatic heterocycles. The first-order valence-electron chi connectivity index (χ1n) is 6.22. The van der Waals surface area contributed by atoms with Gasteiger partial charge in [-0.2, -0.15) is 0 Å². The summed E-state index contributed by atoms with van der Waals surface area (Å²) < 4.78 is 0. The van der Waals surface area contributed by atoms with Crippen LogP contribution in [0.25, 0.3) is 0 Å². The molecule has 0 radical (unpaired) electrons. The summed E-state index contributed by atoms with van der Waals surface area (Å²) in [6, 6.07) is 7.27. The lowest BCUT2D eigenvalue weighted by Gasteiger charge is -2.20. The van der Waals surface area contributed by atoms with Crippen LogP contribution in [0, 0.1) is 5.92 Å². The first kappa shape index (κ1) is 13.4. The van der Waals surface area contributed by atoms with Crippen molar-refractivity contribution in [2.45, 2.75) is 25.4 Å². The number of carbonyl (C=O) groups is 1. The highest BCUT2D eigenvalue weighted by atomic mass is 35.5. The molecule has 3 nitrogen and oxygen atoms in total. The fraction of sp³-hybridized carbons (Fsp3) is 0.500. The van der Waals surface area contributed by atoms with Crippen LogP contribution in [0.3, 0.4) is 0 Å². The molecule has 0 aliphatic heterocycles. The Balaban J connectivity index is 1.84. The number of hydrogen-bond acceptors (Lipinski definition) is 2. The first-order chi connectivity index (χ1) is 8.56. The summed E-state index contributed by atoms with van der Waals surface area (Å²) >= 11 is 5.79. The quantitative estimate of drug-likeness (QED) is 0.888. The van der Waals surface area contributed by atoms with Crippen LogP contribution >= 0.6 is 11.6 Å². The highest BCUT2D eigenvalue weighted by molar-refractivity contribution is 6.30. The van der Waals surface area contributed by atoms with Gasteiger partial charge in [0, 0.05) is 18.6 Å². The summed E-state index contributed by atoms with van der Waals surface area (Å²) in [5.74, 6) is 0.424. The van der Waals surface area contributed by atoms with Crippen molar-refractivity contribution in [3.05, 3.63) is 34.9 Å². The van der Waals surface area contributed by atoms with E-state index in [9.17, 15) is 9.90 Å². The van der Waals surface area contributed by atoms with Gasteiger partial charge in [-0.3, -0.25) is 4.79 Å². The van der Waals surface area contributed by atoms with Gasteiger partial charge in [-0.1, -0.05) is 23.7 Å². The predicted octanol–water partition coefficient (Wildman–Crippen LogP) is 2.11. The predicted molar refractivity (Wildman–Crippen MR) is 71.5 cm³/mol. The number of hydrogen-bond donors (Lipinski definition) is 1. The molecule has 0 bridgehead atoms. The summed E-state index contributed by atoms with van der Waals surface area (Å²) in [4.78, 5) is 13.6. The van der Waals surface area contributed by atoms with Crippen LogP contribution in [0.15, 0.2) is 24.3 Å². The number of halogens is 1. The minimum absolute atomic E-state index is 0.0250. The zero-order valence-electron chi connectivity index (χ0n) is 10.5. The van der Waals surface area contributed by atoms with Gasteiger partial charge in [0.15, 0.2) is 0 Å². The summed E-state index contributed by atoms with van der Waals surface area (Å²) in [5, 5.41) is 10.5. The Kier molecular flexibility index (Phi) is 4.25. The minimum atomic E-state index is -0.371. The third-order valence-electron chi connectivity index (χ3n) is 3.32. The van der Waals surface area contributed by atoms with Crippen LogP contribution in [0.5, 0.6) is 0 Å². The highest BCUT2D eigenvalue weighted by Gasteiger charge is 2.31. The Bertz CT molecular complexity index is 414. The van der Waals surface area contributed by atoms with Crippen molar-refractivity contribution in [3.63, 3.8) is 0 Å². The zero-order valence-corrected chi connectivity index (χ0v) is 11.2. The summed E-state index contributed by atoms with van der Waals surface area (Å²) in [5.41, 5.74) is 0.942. The van der Waals surface area contributed by atoms with Gasteiger partial charge in [0.1, 0.15) is 0 Å². The second-order valence-corrected chi connectivity index (χ2v) is 5.42. The van der Waals surface area contributed by atoms with Crippen molar-refractivity contribution in [1.29, 1.82) is 0 Å². The standard InChI is InChI=1S/C14H18ClNO2/c1-16(9-13(17)11-4-5-11)14(18)8-10-2-6-12(15)7-3-10/h2-3,6-7,11,13,17H,4-5,8-9H2,1H3. The van der Waals surface area contributed by atoms with Crippen molar-refractivity contribution in [3.8, 4) is 0 Å². The molecular formula is C14H18ClNO2. The fourth-order valence-electron chi connectivity index (χ4n) is 1.92. The lowest BCUT2D eigenvalue weighted by Crippen LogP contribution is -2.36. The molecule has 1 aromatic rings. The lowest BCUT2D eigenvalue weighted by atomic mass is 10.1. The van der Waals surface area contributed by atoms with Gasteiger partial charge in [0.05, 0.1) is 12.5 Å². The van der Waals surface area contributed by atoms with Gasteiger partial charge in [0.2, 0.25) is 5.91 Å². The van der Waals surface area contributed by atoms with Crippen LogP contribution in [0.4, 0.5) is 0 Å². The molecule has 1 fully saturated rings. The largest absolute Gasteiger partial charge is 0.391 e. The Labute approximate surface area is 112 Å². The summed E-state index contributed by atoms with van der Waals surface area (Å²) in [6.45, 7) is 0.428. The molecule has 98 valence electrons. The Hall–Kier alpha value is -1.06. The monoisotopic (exact) mass is 267 g/mol. The van der Waals surface area contributed by atoms with Crippen LogP contribution < -0.4 is 0 Å². The average Bonchev–Trinajstić information content (AvgIpc) is 3.16. The van der Waals surface area contributed by atoms with E-state index in [0.717, 1.165) is 18.4 Å². The topological polar surface area (TPSA) is 40.5 Å². The van der Waals surface area contributed by atoms with Crippen LogP contribution in [0.1, 0.15) is 18.4 Å². The third kappa shape index (κ3) is 3.72. The number of carbonyl (C=O) groups excluding carboxylic acids is 1. The molecule has 4 heteroatoms. The van der Waals surface area contributed by atoms with Crippen molar-refractivity contribution < 1.29 is 9.90 Å². The van der Waals surface area contributed by atoms with E-state index in [2.05, 4.69) is 0 Å². The molecule has 1 aromatic carbocycles. The van der Waals surface area contributed by atoms with Gasteiger partial charge in [-0.15, -0.1) is 0 Å². The van der Waals surface area contributed by atoms with Crippen LogP contribution in [-0.2, 0) is 11.2 Å². The Morgan fingerprint density at radius 1 is 1.44 bits per heavy atom. The van der Waals surface area contributed by atoms with Crippen molar-refractivity contribution in [2.75, 3.05) is 13.6 Å². The molecule has 0 heterocycles. The minimum Gasteiger partial charge on any atom is -0.391 e. The van der Waals surface area contributed by atoms with E-state index in [1.807, 2.05) is 12.1 Å². The molecule has 18 heavy (non-hydrogen) atoms. The molecule has 1 unspecified atom stereocenters. The summed E-state index contributed by atoms with van der Waals surface area (Å²) in [6.07, 6.45) is 2.15. The molecule has 1 saturated carbocycles. The number of benzene rings is 1. The van der Waals surface area contributed by atoms with E-state index in [1.54, 1.807) is 24.1 Å². The molecule has 1 aliphatic rings. The molecule has 1 aliphatic carbocycles. The lowest BCUT2D eigenvalue weighted by molar-refractivity contribution is -0.130. The first-order valence-corrected chi connectivity index (χ1v) is 6.60. The van der Waals surface area contributed by atoms with E-state index in [1.165, 1.54) is 0 Å². The Morgan fingerprint density at radius 3 is 2.61 bits per heavy atom. The summed E-state index contributed by atoms with van der Waals surface area (Å²) in [7, 11) is 1.74. The molecule has 2 rings (SSSR count). The van der Waals surface area contributed by atoms with E-state index in [0.29, 0.717) is 23.9 Å². The SMILES string of the molecule is CN(CC(O)C1CC1)C(=O)Cc1ccc(Cl)cc1. The highest BCUT2D eigenvalue weighted by Crippen LogP contribution is 2.32. The van der Waals surface area contributed by atoms with Crippen molar-refractivity contribution in [1.82, 2.24) is 4.90 Å². The second-order valence-electron chi connectivity index (χ2n) is 4.98. The van der Waals surface area contributed by atoms with E-state index >= 15 is 0 Å². The van der Waals surface area contributed by atoms with Gasteiger partial charge in [-0.05, 0) is 36.5 Å². The van der Waals surface area contributed by atoms with Crippen molar-refractivity contribution in [2.24, 2.45) is 5.92 Å². The smallest absolute Gasteiger partial charge is 0.226 e. The molecule has 0 spiro atoms. The number of likely N-dealkylation sites (N-methyl/N-ethyl adjacent to an activating group) is 1. The molecule has 1 N–H and O–H groups in total. The van der Waals surface area contributed by atoms with E-state index < -0.39 is 0 Å². The number of rotatable bonds is 5. The Morgan fingerprint density at radius 2 is 2.06 bits per heavy atom. The maximum atomic E-state index is 12.0. The maximum absolute atomic E-state index is 12.0. The number of nitrogens with zero attached hydrogens (tertiary/aromatic N) is 1. The third-order valence-corrected chi connectivity index (χ3v) is 3.57. The van der Waals surface area contributed by atoms with Gasteiger partial charge >= 0.3 is 0 Å². The zero-order chi connectivity index (χ0) is 13.1. The maximum Gasteiger partial charge on any atom is 0.226 e. The van der Waals surface area contributed by atoms with E-state index in [4.69, 9.17) is 11.6 Å². The second kappa shape index (κ2) is 5.72. The number of amides is 1. The van der Waals surface area contributed by atoms with Gasteiger partial charge < -0.3 is 10.0 Å². The number of aliphatic hydroxyl groups excluding tert-OH is 1. The van der Waals surface area contributed by atoms with Crippen molar-refractivity contribution >= 4 is 17.5 Å². The van der Waals surface area contributed by atoms with Crippen LogP contribution in [-0.4, -0.2) is 35.6 Å². The van der Waals surface area contributed by atoms with Gasteiger partial charge in [-0.25, -0.2) is 0 Å². The number of aliphatic hydroxyl groups is 1. The molecule has 0 saturated heterocycles. The fourth-order valence-corrected chi connectivity index (χ4v) is 2.05. The van der Waals surface area contributed by atoms with E-state index in [-0.39, 0.29) is 12.0 Å². The molecule has 1 atom stereocenters. The van der Waals surface area contributed by atoms with Gasteiger partial charge in [0.25, 0.3) is 0 Å². The normalized spacial score (nSPS) is 16.4. The van der Waals surface area contributed by atoms with Crippen LogP contribution in [0.2, 0.25) is 5.02 Å². The average molecular weight is 268 g/mol.